The minimum absolute atomic E-state index is 0.00466. The zero-order valence-corrected chi connectivity index (χ0v) is 49.1. The number of allylic oxidation sites excluding steroid dienone is 5. The van der Waals surface area contributed by atoms with Gasteiger partial charge in [-0.05, 0) is 83.5 Å². The molecule has 0 aromatic heterocycles. The highest BCUT2D eigenvalue weighted by molar-refractivity contribution is 5.76. The van der Waals surface area contributed by atoms with E-state index >= 15 is 0 Å². The highest BCUT2D eigenvalue weighted by Gasteiger charge is 2.18. The molecule has 0 bridgehead atoms. The Kier molecular flexibility index (Phi) is 61.0. The predicted molar refractivity (Wildman–Crippen MR) is 319 cm³/mol. The van der Waals surface area contributed by atoms with Gasteiger partial charge in [0.05, 0.1) is 25.4 Å². The molecule has 0 aliphatic carbocycles. The van der Waals surface area contributed by atoms with Crippen molar-refractivity contribution in [3.8, 4) is 0 Å². The van der Waals surface area contributed by atoms with Gasteiger partial charge in [-0.2, -0.15) is 0 Å². The number of aliphatic hydroxyl groups excluding tert-OH is 2. The third-order valence-corrected chi connectivity index (χ3v) is 15.1. The minimum atomic E-state index is -0.845. The van der Waals surface area contributed by atoms with Crippen molar-refractivity contribution >= 4 is 11.9 Å². The number of esters is 1. The lowest BCUT2D eigenvalue weighted by atomic mass is 10.0. The fraction of sp³-hybridized carbons (Fsp3) is 0.881. The molecule has 73 heavy (non-hydrogen) atoms. The number of rotatable bonds is 61. The molecule has 0 aromatic rings. The molecule has 3 N–H and O–H groups in total. The number of hydrogen-bond acceptors (Lipinski definition) is 5. The summed E-state index contributed by atoms with van der Waals surface area (Å²) in [5.74, 6) is -0.0620. The van der Waals surface area contributed by atoms with Crippen LogP contribution in [0.2, 0.25) is 0 Å². The van der Waals surface area contributed by atoms with Gasteiger partial charge < -0.3 is 20.3 Å². The first-order valence-electron chi connectivity index (χ1n) is 32.8. The van der Waals surface area contributed by atoms with Crippen LogP contribution in [-0.4, -0.2) is 47.4 Å². The molecular formula is C67H127NO5. The molecule has 0 fully saturated rings. The van der Waals surface area contributed by atoms with E-state index < -0.39 is 12.1 Å². The average molecular weight is 1030 g/mol. The average Bonchev–Trinajstić information content (AvgIpc) is 3.39. The predicted octanol–water partition coefficient (Wildman–Crippen LogP) is 20.8. The first-order chi connectivity index (χ1) is 36.0. The molecule has 6 heteroatoms. The van der Waals surface area contributed by atoms with Crippen LogP contribution in [0.3, 0.4) is 0 Å². The highest BCUT2D eigenvalue weighted by atomic mass is 16.5. The zero-order chi connectivity index (χ0) is 52.9. The Balaban J connectivity index is 3.41. The molecule has 0 rings (SSSR count). The van der Waals surface area contributed by atoms with Crippen molar-refractivity contribution in [2.24, 2.45) is 0 Å². The van der Waals surface area contributed by atoms with Crippen molar-refractivity contribution < 1.29 is 24.5 Å². The maximum absolute atomic E-state index is 12.5. The van der Waals surface area contributed by atoms with Crippen molar-refractivity contribution in [2.75, 3.05) is 13.2 Å². The summed E-state index contributed by atoms with van der Waals surface area (Å²) in [6.45, 7) is 4.90. The van der Waals surface area contributed by atoms with Gasteiger partial charge in [0.1, 0.15) is 0 Å². The van der Waals surface area contributed by atoms with Gasteiger partial charge in [0, 0.05) is 12.8 Å². The maximum Gasteiger partial charge on any atom is 0.305 e. The van der Waals surface area contributed by atoms with Crippen molar-refractivity contribution in [1.29, 1.82) is 0 Å². The molecular weight excluding hydrogens is 899 g/mol. The highest BCUT2D eigenvalue weighted by Crippen LogP contribution is 2.17. The number of carbonyl (C=O) groups excluding carboxylic acids is 2. The molecule has 0 saturated carbocycles. The summed E-state index contributed by atoms with van der Waals surface area (Å²) in [4.78, 5) is 24.5. The topological polar surface area (TPSA) is 95.9 Å². The van der Waals surface area contributed by atoms with E-state index in [1.165, 1.54) is 283 Å². The summed E-state index contributed by atoms with van der Waals surface area (Å²) in [6, 6.07) is -0.629. The Morgan fingerprint density at radius 2 is 0.644 bits per heavy atom. The van der Waals surface area contributed by atoms with Gasteiger partial charge >= 0.3 is 5.97 Å². The number of ether oxygens (including phenoxy) is 1. The van der Waals surface area contributed by atoms with Crippen LogP contribution in [0.1, 0.15) is 354 Å². The number of carbonyl (C=O) groups is 2. The van der Waals surface area contributed by atoms with E-state index in [1.807, 2.05) is 6.08 Å². The molecule has 0 aliphatic rings. The van der Waals surface area contributed by atoms with Crippen LogP contribution in [0.25, 0.3) is 0 Å². The van der Waals surface area contributed by atoms with Crippen LogP contribution in [0.15, 0.2) is 36.5 Å². The summed E-state index contributed by atoms with van der Waals surface area (Å²) < 4.78 is 5.47. The zero-order valence-electron chi connectivity index (χ0n) is 49.1. The Bertz CT molecular complexity index is 1180. The van der Waals surface area contributed by atoms with Crippen LogP contribution in [0.4, 0.5) is 0 Å². The Hall–Kier alpha value is -1.92. The Morgan fingerprint density at radius 1 is 0.370 bits per heavy atom. The fourth-order valence-electron chi connectivity index (χ4n) is 10.1. The Morgan fingerprint density at radius 3 is 1.00 bits per heavy atom. The van der Waals surface area contributed by atoms with Gasteiger partial charge in [0.2, 0.25) is 5.91 Å². The summed E-state index contributed by atoms with van der Waals surface area (Å²) in [5.41, 5.74) is 0. The van der Waals surface area contributed by atoms with E-state index in [1.54, 1.807) is 6.08 Å². The summed E-state index contributed by atoms with van der Waals surface area (Å²) in [6.07, 6.45) is 79.1. The molecule has 0 saturated heterocycles. The molecule has 6 nitrogen and oxygen atoms in total. The molecule has 0 heterocycles. The van der Waals surface area contributed by atoms with Crippen LogP contribution in [0.5, 0.6) is 0 Å². The van der Waals surface area contributed by atoms with Crippen LogP contribution < -0.4 is 5.32 Å². The molecule has 2 atom stereocenters. The summed E-state index contributed by atoms with van der Waals surface area (Å²) in [5, 5.41) is 23.2. The molecule has 0 aromatic carbocycles. The van der Waals surface area contributed by atoms with Crippen LogP contribution in [-0.2, 0) is 14.3 Å². The smallest absolute Gasteiger partial charge is 0.305 e. The number of unbranched alkanes of at least 4 members (excludes halogenated alkanes) is 46. The Labute approximate surface area is 455 Å². The first-order valence-corrected chi connectivity index (χ1v) is 32.8. The minimum Gasteiger partial charge on any atom is -0.466 e. The summed E-state index contributed by atoms with van der Waals surface area (Å²) in [7, 11) is 0. The van der Waals surface area contributed by atoms with E-state index in [0.29, 0.717) is 19.4 Å². The quantitative estimate of drug-likeness (QED) is 0.0320. The monoisotopic (exact) mass is 1030 g/mol. The molecule has 0 radical (unpaired) electrons. The van der Waals surface area contributed by atoms with Crippen molar-refractivity contribution in [3.63, 3.8) is 0 Å². The second kappa shape index (κ2) is 62.6. The normalized spacial score (nSPS) is 12.8. The molecule has 2 unspecified atom stereocenters. The second-order valence-corrected chi connectivity index (χ2v) is 22.4. The fourth-order valence-corrected chi connectivity index (χ4v) is 10.1. The number of hydrogen-bond donors (Lipinski definition) is 3. The van der Waals surface area contributed by atoms with E-state index in [4.69, 9.17) is 4.74 Å². The summed E-state index contributed by atoms with van der Waals surface area (Å²) >= 11 is 0. The lowest BCUT2D eigenvalue weighted by molar-refractivity contribution is -0.143. The van der Waals surface area contributed by atoms with Crippen LogP contribution >= 0.6 is 0 Å². The molecule has 0 aliphatic heterocycles. The molecule has 430 valence electrons. The molecule has 1 amide bonds. The van der Waals surface area contributed by atoms with Crippen molar-refractivity contribution in [3.05, 3.63) is 36.5 Å². The first kappa shape index (κ1) is 71.1. The third-order valence-electron chi connectivity index (χ3n) is 15.1. The SMILES string of the molecule is CCCCC/C=C\CCCCCCCC(=O)OCCCCCCCCCCCCCC/C=C\CCCCCCCCCCCCCC(=O)NC(CO)C(O)/C=C/CCCCCCCCCCCCCCCCC. The van der Waals surface area contributed by atoms with Crippen molar-refractivity contribution in [1.82, 2.24) is 5.32 Å². The lowest BCUT2D eigenvalue weighted by Crippen LogP contribution is -2.45. The van der Waals surface area contributed by atoms with Gasteiger partial charge in [-0.3, -0.25) is 9.59 Å². The number of nitrogens with one attached hydrogen (secondary N) is 1. The lowest BCUT2D eigenvalue weighted by Gasteiger charge is -2.20. The largest absolute Gasteiger partial charge is 0.466 e. The van der Waals surface area contributed by atoms with E-state index in [9.17, 15) is 19.8 Å². The maximum atomic E-state index is 12.5. The van der Waals surface area contributed by atoms with Gasteiger partial charge in [0.25, 0.3) is 0 Å². The number of amides is 1. The van der Waals surface area contributed by atoms with Crippen molar-refractivity contribution in [2.45, 2.75) is 366 Å². The number of aliphatic hydroxyl groups is 2. The van der Waals surface area contributed by atoms with Gasteiger partial charge in [-0.15, -0.1) is 0 Å². The van der Waals surface area contributed by atoms with E-state index in [0.717, 1.165) is 44.9 Å². The van der Waals surface area contributed by atoms with Crippen LogP contribution in [0, 0.1) is 0 Å². The van der Waals surface area contributed by atoms with Gasteiger partial charge in [-0.25, -0.2) is 0 Å². The third kappa shape index (κ3) is 59.2. The van der Waals surface area contributed by atoms with Gasteiger partial charge in [0.15, 0.2) is 0 Å². The molecule has 0 spiro atoms. The van der Waals surface area contributed by atoms with E-state index in [-0.39, 0.29) is 18.5 Å². The van der Waals surface area contributed by atoms with E-state index in [2.05, 4.69) is 43.5 Å². The van der Waals surface area contributed by atoms with Gasteiger partial charge in [-0.1, -0.05) is 294 Å². The second-order valence-electron chi connectivity index (χ2n) is 22.4. The standard InChI is InChI=1S/C67H127NO5/c1-3-5-7-9-11-13-15-17-18-30-33-36-39-43-47-51-55-59-65(70)64(63-69)68-66(71)60-56-52-48-44-40-37-34-31-28-26-24-22-20-19-21-23-25-27-29-32-35-38-42-46-50-54-58-62-73-67(72)61-57-53-49-45-41-16-14-12-10-8-6-4-2/h12,14,19-20,55,59,64-65,69-70H,3-11,13,15-18,21-54,56-58,60-63H2,1-2H3,(H,68,71)/b14-12-,20-19-,59-55+.